The van der Waals surface area contributed by atoms with Gasteiger partial charge in [-0.2, -0.15) is 0 Å². The van der Waals surface area contributed by atoms with E-state index in [1.54, 1.807) is 0 Å². The van der Waals surface area contributed by atoms with Crippen LogP contribution >= 0.6 is 0 Å². The molecule has 55 heavy (non-hydrogen) atoms. The van der Waals surface area contributed by atoms with Gasteiger partial charge in [-0.3, -0.25) is 0 Å². The average Bonchev–Trinajstić information content (AvgIpc) is 3.06. The van der Waals surface area contributed by atoms with Crippen molar-refractivity contribution in [1.29, 1.82) is 0 Å². The van der Waals surface area contributed by atoms with E-state index in [-0.39, 0.29) is 69.0 Å². The van der Waals surface area contributed by atoms with Crippen molar-refractivity contribution in [3.63, 3.8) is 0 Å². The number of phenolic OH excluding ortho intramolecular Hbond substituents is 12. The third-order valence-corrected chi connectivity index (χ3v) is 11.7. The fourth-order valence-electron chi connectivity index (χ4n) is 4.78. The summed E-state index contributed by atoms with van der Waals surface area (Å²) in [6.45, 7) is 0. The van der Waals surface area contributed by atoms with Gasteiger partial charge in [-0.05, 0) is 36.4 Å². The minimum atomic E-state index is -5.75. The zero-order chi connectivity index (χ0) is 40.8. The summed E-state index contributed by atoms with van der Waals surface area (Å²) in [7, 11) is -2.32. The van der Waals surface area contributed by atoms with Crippen LogP contribution in [0.5, 0.6) is 69.0 Å². The summed E-state index contributed by atoms with van der Waals surface area (Å²) in [5.74, 6) is -2.09. The molecule has 6 rings (SSSR count). The Morgan fingerprint density at radius 2 is 0.436 bits per heavy atom. The van der Waals surface area contributed by atoms with Crippen LogP contribution in [0.2, 0.25) is 0 Å². The molecule has 19 heteroatoms. The third kappa shape index (κ3) is 10.9. The predicted octanol–water partition coefficient (Wildman–Crippen LogP) is 3.41. The summed E-state index contributed by atoms with van der Waals surface area (Å²) in [5, 5.41) is 119. The van der Waals surface area contributed by atoms with E-state index in [1.165, 1.54) is 72.8 Å². The minimum absolute atomic E-state index is 0.130. The average molecular weight is 835 g/mol. The van der Waals surface area contributed by atoms with Crippen molar-refractivity contribution in [2.24, 2.45) is 0 Å². The van der Waals surface area contributed by atoms with Gasteiger partial charge in [-0.15, -0.1) is 0 Å². The predicted molar refractivity (Wildman–Crippen MR) is 184 cm³/mol. The van der Waals surface area contributed by atoms with Crippen LogP contribution in [0, 0.1) is 0 Å². The van der Waals surface area contributed by atoms with Gasteiger partial charge in [0.05, 0.1) is 0 Å². The molecule has 16 nitrogen and oxygen atoms in total. The van der Waals surface area contributed by atoms with Gasteiger partial charge in [0.15, 0.2) is 34.5 Å². The van der Waals surface area contributed by atoms with E-state index < -0.39 is 35.4 Å². The van der Waals surface area contributed by atoms with E-state index in [0.717, 1.165) is 36.4 Å². The van der Waals surface area contributed by atoms with Crippen LogP contribution in [0.3, 0.4) is 0 Å². The quantitative estimate of drug-likeness (QED) is 0.107. The molecule has 6 aromatic carbocycles. The number of rotatable bonds is 6. The molecule has 6 aromatic rings. The summed E-state index contributed by atoms with van der Waals surface area (Å²) in [4.78, 5) is 2.08. The zero-order valence-electron chi connectivity index (χ0n) is 27.6. The Labute approximate surface area is 319 Å². The number of aromatic hydroxyl groups is 12. The molecule has 288 valence electrons. The van der Waals surface area contributed by atoms with Gasteiger partial charge in [-0.1, -0.05) is 0 Å². The van der Waals surface area contributed by atoms with Crippen molar-refractivity contribution in [3.05, 3.63) is 109 Å². The molecule has 12 N–H and O–H groups in total. The van der Waals surface area contributed by atoms with Crippen LogP contribution in [-0.2, 0) is 43.0 Å². The number of benzene rings is 6. The fourth-order valence-corrected chi connectivity index (χ4v) is 9.04. The second kappa shape index (κ2) is 17.2. The molecule has 0 aliphatic heterocycles. The van der Waals surface area contributed by atoms with Gasteiger partial charge in [0, 0.05) is 72.8 Å². The molecule has 0 aliphatic carbocycles. The van der Waals surface area contributed by atoms with Gasteiger partial charge in [0.2, 0.25) is 29.4 Å². The Morgan fingerprint density at radius 3 is 0.545 bits per heavy atom. The third-order valence-electron chi connectivity index (χ3n) is 6.97. The molecule has 0 saturated carbocycles. The Bertz CT molecular complexity index is 2040. The molecule has 0 heterocycles. The van der Waals surface area contributed by atoms with Gasteiger partial charge in [-0.25, -0.2) is 0 Å². The van der Waals surface area contributed by atoms with Gasteiger partial charge >= 0.3 is 29.5 Å². The molecular formula is C36H30CrO16S2. The molecule has 0 bridgehead atoms. The molecule has 0 radical (unpaired) electrons. The van der Waals surface area contributed by atoms with Crippen molar-refractivity contribution in [2.75, 3.05) is 0 Å². The fraction of sp³-hybridized carbons (Fsp3) is 0. The molecule has 0 saturated heterocycles. The number of phenols is 12. The van der Waals surface area contributed by atoms with Crippen LogP contribution in [-0.4, -0.2) is 61.3 Å². The Kier molecular flexibility index (Phi) is 13.0. The molecular weight excluding hydrogens is 805 g/mol. The molecule has 0 fully saturated rings. The zero-order valence-corrected chi connectivity index (χ0v) is 30.5. The maximum atomic E-state index is 10.3. The van der Waals surface area contributed by atoms with Crippen molar-refractivity contribution in [2.45, 2.75) is 29.4 Å². The first-order valence-corrected chi connectivity index (χ1v) is 19.5. The van der Waals surface area contributed by atoms with E-state index in [4.69, 9.17) is 15.9 Å². The van der Waals surface area contributed by atoms with Crippen molar-refractivity contribution >= 4 is 21.8 Å². The first-order chi connectivity index (χ1) is 25.7. The first kappa shape index (κ1) is 41.4. The second-order valence-electron chi connectivity index (χ2n) is 10.9. The first-order valence-electron chi connectivity index (χ1n) is 15.0. The number of hydrogen-bond donors (Lipinski definition) is 12. The Morgan fingerprint density at radius 1 is 0.309 bits per heavy atom. The molecule has 0 spiro atoms. The summed E-state index contributed by atoms with van der Waals surface area (Å²) in [6, 6.07) is 24.1. The monoisotopic (exact) mass is 834 g/mol. The van der Waals surface area contributed by atoms with Gasteiger partial charge in [0.25, 0.3) is 0 Å². The van der Waals surface area contributed by atoms with Crippen LogP contribution in [0.1, 0.15) is 0 Å². The van der Waals surface area contributed by atoms with Crippen molar-refractivity contribution in [3.8, 4) is 69.0 Å². The van der Waals surface area contributed by atoms with Crippen molar-refractivity contribution in [1.82, 2.24) is 0 Å². The van der Waals surface area contributed by atoms with E-state index >= 15 is 0 Å². The summed E-state index contributed by atoms with van der Waals surface area (Å²) >= 11 is -5.75. The molecule has 0 atom stereocenters. The molecule has 0 aromatic heterocycles. The molecule has 0 unspecified atom stereocenters. The SMILES string of the molecule is Oc1ccc([S+](c2ccc(O)cc2O)c2ccc(O)cc2O)c(O)c1.Oc1ccc([S+](c2ccc(O)cc2O)c2ccc(O)cc2O)c(O)c1.[O]=[Cr](=[O])([O-])[O-]. The summed E-state index contributed by atoms with van der Waals surface area (Å²) < 4.78 is 34.4. The van der Waals surface area contributed by atoms with Crippen LogP contribution in [0.25, 0.3) is 0 Å². The normalized spacial score (nSPS) is 11.0. The van der Waals surface area contributed by atoms with Crippen molar-refractivity contribution < 1.29 is 90.8 Å². The van der Waals surface area contributed by atoms with Crippen LogP contribution in [0.15, 0.2) is 139 Å². The topological polar surface area (TPSA) is 323 Å². The molecule has 0 aliphatic rings. The van der Waals surface area contributed by atoms with E-state index in [0.29, 0.717) is 29.4 Å². The standard InChI is InChI=1S/2C18H14O6S.Cr.4O/c2*19-10-1-4-16(13(22)7-10)25(17-5-2-11(20)8-14(17)23)18-6-3-12(21)9-15(18)24;;;;;/h2*1-9H,(H5-,19,20,21,22,23,24);;;;;/q;;;;;2*-1/p+2. The maximum absolute atomic E-state index is 10.3. The van der Waals surface area contributed by atoms with E-state index in [9.17, 15) is 61.3 Å². The van der Waals surface area contributed by atoms with E-state index in [2.05, 4.69) is 0 Å². The summed E-state index contributed by atoms with van der Waals surface area (Å²) in [6.07, 6.45) is 0. The Balaban J connectivity index is 0.000000218. The van der Waals surface area contributed by atoms with Crippen LogP contribution < -0.4 is 8.32 Å². The summed E-state index contributed by atoms with van der Waals surface area (Å²) in [5.41, 5.74) is 0. The molecule has 0 amide bonds. The Hall–Kier alpha value is -6.33. The second-order valence-corrected chi connectivity index (χ2v) is 16.1. The number of hydrogen-bond acceptors (Lipinski definition) is 16. The van der Waals surface area contributed by atoms with Crippen LogP contribution in [0.4, 0.5) is 0 Å². The van der Waals surface area contributed by atoms with Gasteiger partial charge < -0.3 is 61.3 Å². The van der Waals surface area contributed by atoms with Gasteiger partial charge in [0.1, 0.15) is 56.3 Å². The van der Waals surface area contributed by atoms with E-state index in [1.807, 2.05) is 0 Å².